The molecule has 2 aromatic carbocycles. The largest absolute Gasteiger partial charge is 0.481 e. The number of benzene rings is 2. The lowest BCUT2D eigenvalue weighted by Crippen LogP contribution is -2.48. The van der Waals surface area contributed by atoms with Gasteiger partial charge in [-0.05, 0) is 28.7 Å². The van der Waals surface area contributed by atoms with Crippen LogP contribution in [-0.4, -0.2) is 42.3 Å². The summed E-state index contributed by atoms with van der Waals surface area (Å²) in [5.41, 5.74) is 4.40. The maximum Gasteiger partial charge on any atom is 0.407 e. The molecule has 0 unspecified atom stereocenters. The molecule has 0 saturated heterocycles. The predicted octanol–water partition coefficient (Wildman–Crippen LogP) is 6.41. The van der Waals surface area contributed by atoms with E-state index in [4.69, 9.17) is 4.74 Å². The van der Waals surface area contributed by atoms with E-state index in [1.54, 1.807) is 0 Å². The van der Waals surface area contributed by atoms with Crippen molar-refractivity contribution in [3.8, 4) is 11.1 Å². The summed E-state index contributed by atoms with van der Waals surface area (Å²) in [6, 6.07) is 14.8. The molecule has 1 aliphatic rings. The van der Waals surface area contributed by atoms with Gasteiger partial charge < -0.3 is 20.5 Å². The monoisotopic (exact) mass is 522 g/mol. The Morgan fingerprint density at radius 2 is 1.34 bits per heavy atom. The first-order valence-electron chi connectivity index (χ1n) is 14.1. The lowest BCUT2D eigenvalue weighted by molar-refractivity contribution is -0.139. The average molecular weight is 523 g/mol. The zero-order valence-corrected chi connectivity index (χ0v) is 22.5. The molecule has 2 amide bonds. The van der Waals surface area contributed by atoms with Crippen LogP contribution >= 0.6 is 0 Å². The number of unbranched alkanes of at least 4 members (excludes halogenated alkanes) is 9. The standard InChI is InChI=1S/C31H42N2O5/c1-2-3-4-5-6-7-8-9-10-15-20-32-30(36)28(21-29(34)35)33-31(37)38-22-27-25-18-13-11-16-23(25)24-17-12-14-19-26(24)27/h11-14,16-19,27-28H,2-10,15,20-22H2,1H3,(H,32,36)(H,33,37)(H,34,35)/t28-/m1/s1. The Labute approximate surface area is 226 Å². The molecule has 1 aliphatic carbocycles. The molecule has 38 heavy (non-hydrogen) atoms. The van der Waals surface area contributed by atoms with Crippen molar-refractivity contribution in [2.75, 3.05) is 13.2 Å². The van der Waals surface area contributed by atoms with Crippen molar-refractivity contribution in [3.63, 3.8) is 0 Å². The van der Waals surface area contributed by atoms with Gasteiger partial charge in [0.2, 0.25) is 5.91 Å². The highest BCUT2D eigenvalue weighted by Gasteiger charge is 2.30. The van der Waals surface area contributed by atoms with E-state index < -0.39 is 30.4 Å². The van der Waals surface area contributed by atoms with Gasteiger partial charge in [0.05, 0.1) is 6.42 Å². The van der Waals surface area contributed by atoms with Crippen LogP contribution in [0.15, 0.2) is 48.5 Å². The van der Waals surface area contributed by atoms with E-state index in [9.17, 15) is 19.5 Å². The zero-order chi connectivity index (χ0) is 27.2. The number of carbonyl (C=O) groups is 3. The molecule has 0 saturated carbocycles. The molecule has 3 rings (SSSR count). The number of alkyl carbamates (subject to hydrolysis) is 1. The van der Waals surface area contributed by atoms with E-state index in [0.717, 1.165) is 41.5 Å². The fourth-order valence-corrected chi connectivity index (χ4v) is 5.11. The van der Waals surface area contributed by atoms with Gasteiger partial charge in [-0.25, -0.2) is 4.79 Å². The number of ether oxygens (including phenoxy) is 1. The van der Waals surface area contributed by atoms with Gasteiger partial charge in [0.25, 0.3) is 0 Å². The van der Waals surface area contributed by atoms with Crippen molar-refractivity contribution in [3.05, 3.63) is 59.7 Å². The maximum absolute atomic E-state index is 12.6. The molecule has 0 aromatic heterocycles. The number of carboxylic acids is 1. The molecule has 206 valence electrons. The minimum Gasteiger partial charge on any atom is -0.481 e. The molecule has 7 heteroatoms. The molecular formula is C31H42N2O5. The first kappa shape index (κ1) is 29.2. The number of hydrogen-bond donors (Lipinski definition) is 3. The topological polar surface area (TPSA) is 105 Å². The summed E-state index contributed by atoms with van der Waals surface area (Å²) in [5, 5.41) is 14.5. The van der Waals surface area contributed by atoms with Crippen LogP contribution in [0, 0.1) is 0 Å². The molecule has 0 aliphatic heterocycles. The molecule has 2 aromatic rings. The van der Waals surface area contributed by atoms with Gasteiger partial charge in [-0.1, -0.05) is 113 Å². The van der Waals surface area contributed by atoms with E-state index in [-0.39, 0.29) is 12.5 Å². The normalized spacial score (nSPS) is 12.9. The quantitative estimate of drug-likeness (QED) is 0.208. The van der Waals surface area contributed by atoms with Crippen LogP contribution in [0.2, 0.25) is 0 Å². The molecule has 0 radical (unpaired) electrons. The third-order valence-corrected chi connectivity index (χ3v) is 7.16. The van der Waals surface area contributed by atoms with E-state index in [2.05, 4.69) is 29.7 Å². The molecule has 0 fully saturated rings. The van der Waals surface area contributed by atoms with Gasteiger partial charge in [-0.15, -0.1) is 0 Å². The highest BCUT2D eigenvalue weighted by molar-refractivity contribution is 5.89. The summed E-state index contributed by atoms with van der Waals surface area (Å²) in [7, 11) is 0. The first-order valence-corrected chi connectivity index (χ1v) is 14.1. The Hall–Kier alpha value is -3.35. The van der Waals surface area contributed by atoms with E-state index in [1.165, 1.54) is 44.9 Å². The van der Waals surface area contributed by atoms with Crippen molar-refractivity contribution in [1.82, 2.24) is 10.6 Å². The van der Waals surface area contributed by atoms with Crippen molar-refractivity contribution in [2.45, 2.75) is 89.5 Å². The minimum absolute atomic E-state index is 0.0971. The molecule has 0 heterocycles. The lowest BCUT2D eigenvalue weighted by Gasteiger charge is -2.18. The summed E-state index contributed by atoms with van der Waals surface area (Å²) in [6.45, 7) is 2.78. The summed E-state index contributed by atoms with van der Waals surface area (Å²) in [5.74, 6) is -1.78. The van der Waals surface area contributed by atoms with Gasteiger partial charge >= 0.3 is 12.1 Å². The Kier molecular flexibility index (Phi) is 12.1. The van der Waals surface area contributed by atoms with Crippen LogP contribution in [0.5, 0.6) is 0 Å². The van der Waals surface area contributed by atoms with Gasteiger partial charge in [0, 0.05) is 12.5 Å². The second-order valence-corrected chi connectivity index (χ2v) is 10.1. The van der Waals surface area contributed by atoms with Crippen LogP contribution < -0.4 is 10.6 Å². The van der Waals surface area contributed by atoms with Crippen molar-refractivity contribution in [1.29, 1.82) is 0 Å². The summed E-state index contributed by atoms with van der Waals surface area (Å²) >= 11 is 0. The Bertz CT molecular complexity index is 1010. The van der Waals surface area contributed by atoms with Crippen molar-refractivity contribution in [2.24, 2.45) is 0 Å². The Balaban J connectivity index is 1.40. The number of hydrogen-bond acceptors (Lipinski definition) is 4. The smallest absolute Gasteiger partial charge is 0.407 e. The highest BCUT2D eigenvalue weighted by atomic mass is 16.5. The third kappa shape index (κ3) is 8.89. The highest BCUT2D eigenvalue weighted by Crippen LogP contribution is 2.44. The van der Waals surface area contributed by atoms with E-state index >= 15 is 0 Å². The van der Waals surface area contributed by atoms with Gasteiger partial charge in [-0.2, -0.15) is 0 Å². The van der Waals surface area contributed by atoms with Gasteiger partial charge in [-0.3, -0.25) is 9.59 Å². The molecular weight excluding hydrogens is 480 g/mol. The molecule has 0 spiro atoms. The van der Waals surface area contributed by atoms with Gasteiger partial charge in [0.1, 0.15) is 12.6 Å². The zero-order valence-electron chi connectivity index (χ0n) is 22.5. The summed E-state index contributed by atoms with van der Waals surface area (Å²) in [6.07, 6.45) is 10.6. The van der Waals surface area contributed by atoms with Gasteiger partial charge in [0.15, 0.2) is 0 Å². The molecule has 0 bridgehead atoms. The number of carbonyl (C=O) groups excluding carboxylic acids is 2. The predicted molar refractivity (Wildman–Crippen MR) is 149 cm³/mol. The van der Waals surface area contributed by atoms with Crippen LogP contribution in [-0.2, 0) is 14.3 Å². The average Bonchev–Trinajstić information content (AvgIpc) is 3.23. The second kappa shape index (κ2) is 15.8. The van der Waals surface area contributed by atoms with Crippen molar-refractivity contribution >= 4 is 18.0 Å². The SMILES string of the molecule is CCCCCCCCCCCCNC(=O)[C@@H](CC(=O)O)NC(=O)OCC1c2ccccc2-c2ccccc21. The molecule has 3 N–H and O–H groups in total. The Morgan fingerprint density at radius 1 is 0.816 bits per heavy atom. The van der Waals surface area contributed by atoms with Crippen LogP contribution in [0.3, 0.4) is 0 Å². The fraction of sp³-hybridized carbons (Fsp3) is 0.516. The van der Waals surface area contributed by atoms with Crippen LogP contribution in [0.1, 0.15) is 94.6 Å². The minimum atomic E-state index is -1.19. The molecule has 1 atom stereocenters. The number of amides is 2. The van der Waals surface area contributed by atoms with Crippen molar-refractivity contribution < 1.29 is 24.2 Å². The maximum atomic E-state index is 12.6. The second-order valence-electron chi connectivity index (χ2n) is 10.1. The van der Waals surface area contributed by atoms with E-state index in [0.29, 0.717) is 6.54 Å². The van der Waals surface area contributed by atoms with Crippen LogP contribution in [0.4, 0.5) is 4.79 Å². The number of carboxylic acid groups (broad SMARTS) is 1. The van der Waals surface area contributed by atoms with Crippen LogP contribution in [0.25, 0.3) is 11.1 Å². The Morgan fingerprint density at radius 3 is 1.89 bits per heavy atom. The van der Waals surface area contributed by atoms with E-state index in [1.807, 2.05) is 36.4 Å². The third-order valence-electron chi connectivity index (χ3n) is 7.16. The number of nitrogens with one attached hydrogen (secondary N) is 2. The fourth-order valence-electron chi connectivity index (χ4n) is 5.11. The number of aliphatic carboxylic acids is 1. The number of rotatable bonds is 17. The summed E-state index contributed by atoms with van der Waals surface area (Å²) < 4.78 is 5.49. The summed E-state index contributed by atoms with van der Waals surface area (Å²) in [4.78, 5) is 36.5. The first-order chi connectivity index (χ1) is 18.5. The lowest BCUT2D eigenvalue weighted by atomic mass is 9.98. The number of fused-ring (bicyclic) bond motifs is 3. The molecule has 7 nitrogen and oxygen atoms in total.